The lowest BCUT2D eigenvalue weighted by atomic mass is 10.1. The third-order valence-electron chi connectivity index (χ3n) is 5.11. The second-order valence-electron chi connectivity index (χ2n) is 7.53. The van der Waals surface area contributed by atoms with E-state index in [0.29, 0.717) is 32.0 Å². The number of nitrogens with zero attached hydrogens (tertiary/aromatic N) is 2. The second-order valence-corrected chi connectivity index (χ2v) is 9.20. The van der Waals surface area contributed by atoms with Crippen molar-refractivity contribution in [3.8, 4) is 0 Å². The Labute approximate surface area is 221 Å². The molecule has 11 heteroatoms. The van der Waals surface area contributed by atoms with Gasteiger partial charge in [0, 0.05) is 26.3 Å². The van der Waals surface area contributed by atoms with Crippen molar-refractivity contribution in [3.63, 3.8) is 0 Å². The molecule has 1 atom stereocenters. The van der Waals surface area contributed by atoms with Gasteiger partial charge < -0.3 is 5.32 Å². The number of halogens is 3. The predicted octanol–water partition coefficient (Wildman–Crippen LogP) is 5.32. The Morgan fingerprint density at radius 3 is 2.14 bits per heavy atom. The Kier molecular flexibility index (Phi) is 7.57. The number of anilines is 2. The van der Waals surface area contributed by atoms with Crippen LogP contribution < -0.4 is 15.6 Å². The average Bonchev–Trinajstić information content (AvgIpc) is 3.04. The predicted molar refractivity (Wildman–Crippen MR) is 141 cm³/mol. The van der Waals surface area contributed by atoms with Crippen LogP contribution in [0.2, 0.25) is 15.1 Å². The molecule has 0 radical (unpaired) electrons. The molecule has 1 aliphatic rings. The fourth-order valence-corrected chi connectivity index (χ4v) is 4.27. The average molecular weight is 548 g/mol. The van der Waals surface area contributed by atoms with Gasteiger partial charge in [-0.15, -0.1) is 0 Å². The number of benzene rings is 3. The maximum absolute atomic E-state index is 13.4. The SMILES string of the molecule is O=C(CC1C(=O)N(c2ccc(Cl)cc2)C(=S)N1NC(=O)c1ccc(Cl)cc1)Nc1cccc(Cl)c1. The first-order chi connectivity index (χ1) is 16.7. The van der Waals surface area contributed by atoms with E-state index in [-0.39, 0.29) is 11.5 Å². The van der Waals surface area contributed by atoms with E-state index in [0.717, 1.165) is 0 Å². The molecule has 1 fully saturated rings. The fourth-order valence-electron chi connectivity index (χ4n) is 3.46. The molecule has 3 aromatic carbocycles. The molecule has 1 aliphatic heterocycles. The molecule has 1 heterocycles. The van der Waals surface area contributed by atoms with Crippen LogP contribution in [0.1, 0.15) is 16.8 Å². The highest BCUT2D eigenvalue weighted by molar-refractivity contribution is 7.80. The van der Waals surface area contributed by atoms with E-state index < -0.39 is 23.8 Å². The summed E-state index contributed by atoms with van der Waals surface area (Å²) in [6, 6.07) is 18.2. The monoisotopic (exact) mass is 546 g/mol. The summed E-state index contributed by atoms with van der Waals surface area (Å²) < 4.78 is 0. The number of thiocarbonyl (C=S) groups is 1. The number of carbonyl (C=O) groups is 3. The van der Waals surface area contributed by atoms with Crippen LogP contribution in [0.5, 0.6) is 0 Å². The number of hydrogen-bond donors (Lipinski definition) is 2. The Morgan fingerprint density at radius 2 is 1.51 bits per heavy atom. The van der Waals surface area contributed by atoms with Gasteiger partial charge in [0.05, 0.1) is 12.1 Å². The number of amides is 3. The molecular formula is C24H17Cl3N4O3S. The van der Waals surface area contributed by atoms with Crippen molar-refractivity contribution in [2.45, 2.75) is 12.5 Å². The van der Waals surface area contributed by atoms with E-state index in [1.165, 1.54) is 22.0 Å². The van der Waals surface area contributed by atoms with Gasteiger partial charge in [-0.3, -0.25) is 24.7 Å². The van der Waals surface area contributed by atoms with E-state index in [1.54, 1.807) is 60.7 Å². The normalized spacial score (nSPS) is 15.3. The summed E-state index contributed by atoms with van der Waals surface area (Å²) in [5.74, 6) is -1.46. The summed E-state index contributed by atoms with van der Waals surface area (Å²) in [5, 5.41) is 5.35. The molecule has 0 aliphatic carbocycles. The van der Waals surface area contributed by atoms with Crippen LogP contribution in [0.3, 0.4) is 0 Å². The molecule has 0 spiro atoms. The first-order valence-electron chi connectivity index (χ1n) is 10.3. The van der Waals surface area contributed by atoms with E-state index in [9.17, 15) is 14.4 Å². The highest BCUT2D eigenvalue weighted by Gasteiger charge is 2.45. The Hall–Kier alpha value is -3.17. The lowest BCUT2D eigenvalue weighted by Crippen LogP contribution is -2.49. The third kappa shape index (κ3) is 5.74. The van der Waals surface area contributed by atoms with Gasteiger partial charge in [-0.25, -0.2) is 5.01 Å². The van der Waals surface area contributed by atoms with Crippen molar-refractivity contribution in [2.75, 3.05) is 10.2 Å². The summed E-state index contributed by atoms with van der Waals surface area (Å²) >= 11 is 23.4. The first-order valence-corrected chi connectivity index (χ1v) is 11.8. The van der Waals surface area contributed by atoms with Crippen molar-refractivity contribution in [1.29, 1.82) is 0 Å². The van der Waals surface area contributed by atoms with Crippen molar-refractivity contribution >= 4 is 81.2 Å². The molecule has 1 unspecified atom stereocenters. The van der Waals surface area contributed by atoms with Crippen LogP contribution in [-0.2, 0) is 9.59 Å². The van der Waals surface area contributed by atoms with Gasteiger partial charge >= 0.3 is 0 Å². The lowest BCUT2D eigenvalue weighted by Gasteiger charge is -2.24. The van der Waals surface area contributed by atoms with E-state index in [1.807, 2.05) is 0 Å². The topological polar surface area (TPSA) is 81.8 Å². The standard InChI is InChI=1S/C24H17Cl3N4O3S/c25-15-6-4-14(5-7-15)22(33)29-31-20(13-21(32)28-18-3-1-2-17(27)12-18)23(34)30(24(31)35)19-10-8-16(26)9-11-19/h1-12,20H,13H2,(H,28,32)(H,29,33). The Balaban J connectivity index is 1.60. The molecule has 3 aromatic rings. The zero-order valence-electron chi connectivity index (χ0n) is 17.9. The number of carbonyl (C=O) groups excluding carboxylic acids is 3. The number of hydrazine groups is 1. The van der Waals surface area contributed by atoms with Gasteiger partial charge in [0.2, 0.25) is 11.0 Å². The maximum Gasteiger partial charge on any atom is 0.269 e. The molecule has 2 N–H and O–H groups in total. The molecular weight excluding hydrogens is 531 g/mol. The van der Waals surface area contributed by atoms with Crippen LogP contribution >= 0.6 is 47.0 Å². The number of nitrogens with one attached hydrogen (secondary N) is 2. The van der Waals surface area contributed by atoms with Gasteiger partial charge in [-0.05, 0) is 78.9 Å². The number of rotatable bonds is 6. The van der Waals surface area contributed by atoms with Crippen LogP contribution in [0.25, 0.3) is 0 Å². The Bertz CT molecular complexity index is 1300. The number of hydrogen-bond acceptors (Lipinski definition) is 4. The van der Waals surface area contributed by atoms with Crippen LogP contribution in [0.15, 0.2) is 72.8 Å². The minimum absolute atomic E-state index is 0.0141. The minimum atomic E-state index is -1.09. The molecule has 0 saturated carbocycles. The lowest BCUT2D eigenvalue weighted by molar-refractivity contribution is -0.124. The summed E-state index contributed by atoms with van der Waals surface area (Å²) in [7, 11) is 0. The van der Waals surface area contributed by atoms with Gasteiger partial charge in [0.25, 0.3) is 11.8 Å². The highest BCUT2D eigenvalue weighted by Crippen LogP contribution is 2.28. The molecule has 1 saturated heterocycles. The van der Waals surface area contributed by atoms with Crippen molar-refractivity contribution in [3.05, 3.63) is 93.4 Å². The minimum Gasteiger partial charge on any atom is -0.326 e. The maximum atomic E-state index is 13.4. The molecule has 35 heavy (non-hydrogen) atoms. The fraction of sp³-hybridized carbons (Fsp3) is 0.0833. The second kappa shape index (κ2) is 10.6. The summed E-state index contributed by atoms with van der Waals surface area (Å²) in [6.45, 7) is 0. The summed E-state index contributed by atoms with van der Waals surface area (Å²) in [6.07, 6.45) is -0.281. The van der Waals surface area contributed by atoms with Crippen LogP contribution in [0, 0.1) is 0 Å². The molecule has 0 bridgehead atoms. The van der Waals surface area contributed by atoms with Gasteiger partial charge in [-0.2, -0.15) is 0 Å². The molecule has 3 amide bonds. The molecule has 178 valence electrons. The van der Waals surface area contributed by atoms with Crippen LogP contribution in [0.4, 0.5) is 11.4 Å². The largest absolute Gasteiger partial charge is 0.326 e. The molecule has 4 rings (SSSR count). The van der Waals surface area contributed by atoms with E-state index in [2.05, 4.69) is 10.7 Å². The summed E-state index contributed by atoms with van der Waals surface area (Å²) in [5.41, 5.74) is 3.88. The van der Waals surface area contributed by atoms with Crippen molar-refractivity contribution in [2.24, 2.45) is 0 Å². The van der Waals surface area contributed by atoms with E-state index in [4.69, 9.17) is 47.0 Å². The molecule has 7 nitrogen and oxygen atoms in total. The zero-order chi connectivity index (χ0) is 25.1. The third-order valence-corrected chi connectivity index (χ3v) is 6.23. The zero-order valence-corrected chi connectivity index (χ0v) is 21.0. The van der Waals surface area contributed by atoms with Gasteiger partial charge in [0.15, 0.2) is 0 Å². The smallest absolute Gasteiger partial charge is 0.269 e. The first kappa shape index (κ1) is 24.9. The molecule has 0 aromatic heterocycles. The quantitative estimate of drug-likeness (QED) is 0.408. The van der Waals surface area contributed by atoms with Crippen LogP contribution in [-0.4, -0.2) is 33.9 Å². The Morgan fingerprint density at radius 1 is 0.886 bits per heavy atom. The highest BCUT2D eigenvalue weighted by atomic mass is 35.5. The van der Waals surface area contributed by atoms with Gasteiger partial charge in [-0.1, -0.05) is 40.9 Å². The van der Waals surface area contributed by atoms with Crippen molar-refractivity contribution < 1.29 is 14.4 Å². The van der Waals surface area contributed by atoms with Gasteiger partial charge in [0.1, 0.15) is 6.04 Å². The van der Waals surface area contributed by atoms with Crippen molar-refractivity contribution in [1.82, 2.24) is 10.4 Å². The summed E-state index contributed by atoms with van der Waals surface area (Å²) in [4.78, 5) is 40.4. The van der Waals surface area contributed by atoms with E-state index >= 15 is 0 Å².